The number of nitrogens with zero attached hydrogens (tertiary/aromatic N) is 1. The second-order valence-corrected chi connectivity index (χ2v) is 14.5. The van der Waals surface area contributed by atoms with Gasteiger partial charge < -0.3 is 15.9 Å². The fourth-order valence-electron chi connectivity index (χ4n) is 6.84. The molecule has 0 aliphatic carbocycles. The van der Waals surface area contributed by atoms with Crippen LogP contribution in [0.1, 0.15) is 252 Å². The first kappa shape index (κ1) is 49.8. The summed E-state index contributed by atoms with van der Waals surface area (Å²) in [7, 11) is 0. The molecular weight excluding hydrogens is 566 g/mol. The van der Waals surface area contributed by atoms with Crippen LogP contribution in [-0.2, 0) is 4.79 Å². The zero-order valence-electron chi connectivity index (χ0n) is 32.2. The summed E-state index contributed by atoms with van der Waals surface area (Å²) in [5.74, 6) is 0.281. The molecule has 4 N–H and O–H groups in total. The van der Waals surface area contributed by atoms with E-state index in [1.54, 1.807) is 6.92 Å². The number of amides is 1. The standard InChI is InChI=1S/C42H85NO.2H2O/c1-4-6-8-10-12-14-16-18-20-22-24-26-28-30-32-34-36-38-40-43(42(3)44)41-39-37-35-33-31-29-27-25-23-21-19-17-15-13-11-9-7-5-2;;/h4-41H2,1-3H3;2*1H2. The summed E-state index contributed by atoms with van der Waals surface area (Å²) < 4.78 is 0. The first-order valence-corrected chi connectivity index (χ1v) is 21.0. The lowest BCUT2D eigenvalue weighted by Crippen LogP contribution is -2.30. The van der Waals surface area contributed by atoms with Gasteiger partial charge in [-0.3, -0.25) is 4.79 Å². The third-order valence-corrected chi connectivity index (χ3v) is 10.0. The van der Waals surface area contributed by atoms with Gasteiger partial charge in [0, 0.05) is 20.0 Å². The van der Waals surface area contributed by atoms with Crippen molar-refractivity contribution in [2.75, 3.05) is 13.1 Å². The second-order valence-electron chi connectivity index (χ2n) is 14.5. The number of carbonyl (C=O) groups is 1. The summed E-state index contributed by atoms with van der Waals surface area (Å²) in [6, 6.07) is 0. The zero-order valence-corrected chi connectivity index (χ0v) is 32.2. The predicted octanol–water partition coefficient (Wildman–Crippen LogP) is 13.3. The Morgan fingerprint density at radius 2 is 0.457 bits per heavy atom. The molecule has 0 aliphatic heterocycles. The van der Waals surface area contributed by atoms with Crippen LogP contribution in [0.25, 0.3) is 0 Å². The lowest BCUT2D eigenvalue weighted by Gasteiger charge is -2.21. The normalized spacial score (nSPS) is 10.9. The van der Waals surface area contributed by atoms with Crippen molar-refractivity contribution < 1.29 is 15.7 Å². The highest BCUT2D eigenvalue weighted by Crippen LogP contribution is 2.16. The van der Waals surface area contributed by atoms with Crippen LogP contribution in [0.5, 0.6) is 0 Å². The Kier molecular flexibility index (Phi) is 48.0. The topological polar surface area (TPSA) is 83.3 Å². The Bertz CT molecular complexity index is 501. The van der Waals surface area contributed by atoms with Gasteiger partial charge in [-0.05, 0) is 12.8 Å². The Labute approximate surface area is 291 Å². The minimum atomic E-state index is 0. The molecule has 0 aliphatic rings. The summed E-state index contributed by atoms with van der Waals surface area (Å²) in [5.41, 5.74) is 0. The van der Waals surface area contributed by atoms with Crippen LogP contribution >= 0.6 is 0 Å². The minimum Gasteiger partial charge on any atom is -0.412 e. The molecule has 0 atom stereocenters. The zero-order chi connectivity index (χ0) is 32.0. The average molecular weight is 656 g/mol. The van der Waals surface area contributed by atoms with Gasteiger partial charge in [0.05, 0.1) is 0 Å². The Morgan fingerprint density at radius 3 is 0.609 bits per heavy atom. The van der Waals surface area contributed by atoms with E-state index in [2.05, 4.69) is 18.7 Å². The molecule has 4 nitrogen and oxygen atoms in total. The number of hydrogen-bond acceptors (Lipinski definition) is 1. The van der Waals surface area contributed by atoms with E-state index in [9.17, 15) is 4.79 Å². The van der Waals surface area contributed by atoms with Crippen LogP contribution in [-0.4, -0.2) is 34.8 Å². The summed E-state index contributed by atoms with van der Waals surface area (Å²) in [6.07, 6.45) is 50.8. The third-order valence-electron chi connectivity index (χ3n) is 10.0. The molecule has 0 aromatic carbocycles. The first-order chi connectivity index (χ1) is 21.7. The number of rotatable bonds is 38. The molecule has 0 saturated carbocycles. The number of hydrogen-bond donors (Lipinski definition) is 0. The molecule has 4 heteroatoms. The van der Waals surface area contributed by atoms with E-state index in [1.165, 1.54) is 231 Å². The highest BCUT2D eigenvalue weighted by molar-refractivity contribution is 5.73. The van der Waals surface area contributed by atoms with E-state index in [4.69, 9.17) is 0 Å². The van der Waals surface area contributed by atoms with E-state index in [0.29, 0.717) is 0 Å². The monoisotopic (exact) mass is 656 g/mol. The van der Waals surface area contributed by atoms with Gasteiger partial charge in [-0.15, -0.1) is 0 Å². The fraction of sp³-hybridized carbons (Fsp3) is 0.976. The minimum absolute atomic E-state index is 0. The molecule has 0 saturated heterocycles. The van der Waals surface area contributed by atoms with Crippen molar-refractivity contribution >= 4 is 5.91 Å². The third kappa shape index (κ3) is 41.4. The Morgan fingerprint density at radius 1 is 0.304 bits per heavy atom. The molecule has 46 heavy (non-hydrogen) atoms. The molecule has 0 unspecified atom stereocenters. The molecule has 0 bridgehead atoms. The largest absolute Gasteiger partial charge is 0.412 e. The van der Waals surface area contributed by atoms with Crippen molar-refractivity contribution in [3.8, 4) is 0 Å². The van der Waals surface area contributed by atoms with Crippen LogP contribution in [0.2, 0.25) is 0 Å². The molecule has 0 radical (unpaired) electrons. The maximum absolute atomic E-state index is 12.1. The van der Waals surface area contributed by atoms with Gasteiger partial charge in [-0.25, -0.2) is 0 Å². The van der Waals surface area contributed by atoms with E-state index >= 15 is 0 Å². The maximum atomic E-state index is 12.1. The van der Waals surface area contributed by atoms with E-state index in [0.717, 1.165) is 13.1 Å². The van der Waals surface area contributed by atoms with Gasteiger partial charge in [-0.1, -0.05) is 232 Å². The van der Waals surface area contributed by atoms with Crippen molar-refractivity contribution in [3.63, 3.8) is 0 Å². The summed E-state index contributed by atoms with van der Waals surface area (Å²) in [6.45, 7) is 8.33. The Hall–Kier alpha value is -0.610. The molecule has 0 heterocycles. The van der Waals surface area contributed by atoms with Crippen molar-refractivity contribution in [2.24, 2.45) is 0 Å². The SMILES string of the molecule is CCCCCCCCCCCCCCCCCCCCN(CCCCCCCCCCCCCCCCCCCC)C(C)=O.O.O. The quantitative estimate of drug-likeness (QED) is 0.0609. The van der Waals surface area contributed by atoms with Gasteiger partial charge in [0.25, 0.3) is 0 Å². The number of carbonyl (C=O) groups excluding carboxylic acids is 1. The predicted molar refractivity (Wildman–Crippen MR) is 207 cm³/mol. The molecule has 1 amide bonds. The molecular formula is C42H89NO3. The van der Waals surface area contributed by atoms with Crippen LogP contribution < -0.4 is 0 Å². The van der Waals surface area contributed by atoms with E-state index < -0.39 is 0 Å². The van der Waals surface area contributed by atoms with Gasteiger partial charge in [-0.2, -0.15) is 0 Å². The molecule has 280 valence electrons. The molecule has 0 spiro atoms. The summed E-state index contributed by atoms with van der Waals surface area (Å²) in [5, 5.41) is 0. The summed E-state index contributed by atoms with van der Waals surface area (Å²) >= 11 is 0. The van der Waals surface area contributed by atoms with E-state index in [1.807, 2.05) is 0 Å². The van der Waals surface area contributed by atoms with Gasteiger partial charge >= 0.3 is 0 Å². The van der Waals surface area contributed by atoms with Crippen LogP contribution in [0.4, 0.5) is 0 Å². The molecule has 0 aromatic heterocycles. The van der Waals surface area contributed by atoms with Crippen molar-refractivity contribution in [2.45, 2.75) is 252 Å². The first-order valence-electron chi connectivity index (χ1n) is 21.0. The highest BCUT2D eigenvalue weighted by Gasteiger charge is 2.07. The van der Waals surface area contributed by atoms with Crippen molar-refractivity contribution in [1.29, 1.82) is 0 Å². The Balaban J connectivity index is -0.00000924. The van der Waals surface area contributed by atoms with Crippen LogP contribution in [0.3, 0.4) is 0 Å². The lowest BCUT2D eigenvalue weighted by atomic mass is 10.0. The maximum Gasteiger partial charge on any atom is 0.219 e. The fourth-order valence-corrected chi connectivity index (χ4v) is 6.84. The van der Waals surface area contributed by atoms with Gasteiger partial charge in [0.1, 0.15) is 0 Å². The van der Waals surface area contributed by atoms with Gasteiger partial charge in [0.2, 0.25) is 5.91 Å². The average Bonchev–Trinajstić information content (AvgIpc) is 3.02. The lowest BCUT2D eigenvalue weighted by molar-refractivity contribution is -0.129. The highest BCUT2D eigenvalue weighted by atomic mass is 16.2. The van der Waals surface area contributed by atoms with Crippen LogP contribution in [0, 0.1) is 0 Å². The van der Waals surface area contributed by atoms with Gasteiger partial charge in [0.15, 0.2) is 0 Å². The smallest absolute Gasteiger partial charge is 0.219 e. The van der Waals surface area contributed by atoms with Crippen LogP contribution in [0.15, 0.2) is 0 Å². The number of unbranched alkanes of at least 4 members (excludes halogenated alkanes) is 34. The summed E-state index contributed by atoms with van der Waals surface area (Å²) in [4.78, 5) is 14.2. The van der Waals surface area contributed by atoms with E-state index in [-0.39, 0.29) is 16.9 Å². The molecule has 0 rings (SSSR count). The molecule has 0 aromatic rings. The molecule has 0 fully saturated rings. The van der Waals surface area contributed by atoms with Crippen molar-refractivity contribution in [1.82, 2.24) is 4.90 Å². The van der Waals surface area contributed by atoms with Crippen molar-refractivity contribution in [3.05, 3.63) is 0 Å². The second kappa shape index (κ2) is 44.4.